The first kappa shape index (κ1) is 20.3. The molecule has 1 aromatic rings. The van der Waals surface area contributed by atoms with Crippen molar-refractivity contribution in [1.29, 1.82) is 0 Å². The molecule has 4 heteroatoms. The number of hydrogen-bond donors (Lipinski definition) is 1. The van der Waals surface area contributed by atoms with Gasteiger partial charge >= 0.3 is 0 Å². The maximum atomic E-state index is 12.8. The number of nitrogens with one attached hydrogen (secondary N) is 1. The van der Waals surface area contributed by atoms with Crippen molar-refractivity contribution < 1.29 is 9.53 Å². The summed E-state index contributed by atoms with van der Waals surface area (Å²) in [6, 6.07) is 11.1. The summed E-state index contributed by atoms with van der Waals surface area (Å²) >= 11 is 0. The van der Waals surface area contributed by atoms with Gasteiger partial charge < -0.3 is 10.1 Å². The molecule has 1 aliphatic carbocycles. The third-order valence-electron chi connectivity index (χ3n) is 7.24. The van der Waals surface area contributed by atoms with E-state index in [-0.39, 0.29) is 28.8 Å². The lowest BCUT2D eigenvalue weighted by molar-refractivity contribution is -0.127. The van der Waals surface area contributed by atoms with Crippen LogP contribution in [0.5, 0.6) is 0 Å². The molecule has 2 unspecified atom stereocenters. The summed E-state index contributed by atoms with van der Waals surface area (Å²) in [7, 11) is 6.11. The third-order valence-corrected chi connectivity index (χ3v) is 7.24. The summed E-state index contributed by atoms with van der Waals surface area (Å²) in [5.41, 5.74) is 1.47. The highest BCUT2D eigenvalue weighted by Gasteiger charge is 2.58. The lowest BCUT2D eigenvalue weighted by Crippen LogP contribution is -2.51. The molecule has 1 N–H and O–H groups in total. The van der Waals surface area contributed by atoms with Gasteiger partial charge in [-0.15, -0.1) is 0 Å². The topological polar surface area (TPSA) is 41.6 Å². The fraction of sp³-hybridized carbons (Fsp3) is 0.696. The maximum Gasteiger partial charge on any atom is 0.226 e. The summed E-state index contributed by atoms with van der Waals surface area (Å²) in [5.74, 6) is 0.741. The van der Waals surface area contributed by atoms with Gasteiger partial charge in [0, 0.05) is 24.1 Å². The lowest BCUT2D eigenvalue weighted by Gasteiger charge is -2.52. The molecule has 1 saturated heterocycles. The fourth-order valence-electron chi connectivity index (χ4n) is 5.66. The van der Waals surface area contributed by atoms with E-state index in [0.717, 1.165) is 32.1 Å². The molecule has 1 aromatic carbocycles. The Morgan fingerprint density at radius 2 is 1.78 bits per heavy atom. The zero-order chi connectivity index (χ0) is 19.7. The van der Waals surface area contributed by atoms with Crippen molar-refractivity contribution in [2.45, 2.75) is 57.5 Å². The van der Waals surface area contributed by atoms with Gasteiger partial charge in [-0.2, -0.15) is 0 Å². The summed E-state index contributed by atoms with van der Waals surface area (Å²) in [5, 5.41) is 3.34. The fourth-order valence-corrected chi connectivity index (χ4v) is 5.66. The first-order valence-corrected chi connectivity index (χ1v) is 10.4. The van der Waals surface area contributed by atoms with Crippen LogP contribution in [-0.2, 0) is 15.1 Å². The van der Waals surface area contributed by atoms with Crippen LogP contribution < -0.4 is 5.32 Å². The molecule has 27 heavy (non-hydrogen) atoms. The van der Waals surface area contributed by atoms with E-state index >= 15 is 0 Å². The normalized spacial score (nSPS) is 33.8. The molecule has 2 atom stereocenters. The maximum absolute atomic E-state index is 12.8. The van der Waals surface area contributed by atoms with Crippen LogP contribution in [0.25, 0.3) is 0 Å². The number of nitrogens with zero attached hydrogens (tertiary/aromatic N) is 1. The van der Waals surface area contributed by atoms with Crippen LogP contribution in [-0.4, -0.2) is 44.7 Å². The molecule has 3 rings (SSSR count). The van der Waals surface area contributed by atoms with Crippen LogP contribution in [0.15, 0.2) is 30.3 Å². The highest BCUT2D eigenvalue weighted by molar-refractivity contribution is 5.83. The summed E-state index contributed by atoms with van der Waals surface area (Å²) in [4.78, 5) is 15.2. The summed E-state index contributed by atoms with van der Waals surface area (Å²) in [6.45, 7) is 5.03. The minimum absolute atomic E-state index is 0.0195. The van der Waals surface area contributed by atoms with E-state index in [1.54, 1.807) is 7.11 Å². The molecule has 4 nitrogen and oxygen atoms in total. The van der Waals surface area contributed by atoms with Crippen molar-refractivity contribution in [1.82, 2.24) is 10.2 Å². The van der Waals surface area contributed by atoms with E-state index in [1.165, 1.54) is 5.56 Å². The zero-order valence-corrected chi connectivity index (χ0v) is 17.6. The van der Waals surface area contributed by atoms with E-state index in [0.29, 0.717) is 12.5 Å². The minimum Gasteiger partial charge on any atom is -0.384 e. The Morgan fingerprint density at radius 1 is 1.15 bits per heavy atom. The van der Waals surface area contributed by atoms with Crippen molar-refractivity contribution in [2.24, 2.45) is 17.3 Å². The number of ether oxygens (including phenoxy) is 1. The molecular weight excluding hydrogens is 336 g/mol. The number of amides is 1. The van der Waals surface area contributed by atoms with Crippen LogP contribution >= 0.6 is 0 Å². The van der Waals surface area contributed by atoms with E-state index in [9.17, 15) is 4.79 Å². The monoisotopic (exact) mass is 372 g/mol. The van der Waals surface area contributed by atoms with Gasteiger partial charge in [0.15, 0.2) is 0 Å². The van der Waals surface area contributed by atoms with Crippen LogP contribution in [0, 0.1) is 17.3 Å². The van der Waals surface area contributed by atoms with Crippen LogP contribution in [0.1, 0.15) is 51.5 Å². The van der Waals surface area contributed by atoms with E-state index in [4.69, 9.17) is 4.74 Å². The number of carbonyl (C=O) groups is 1. The number of benzene rings is 1. The summed E-state index contributed by atoms with van der Waals surface area (Å²) in [6.07, 6.45) is 5.32. The van der Waals surface area contributed by atoms with Crippen molar-refractivity contribution in [3.05, 3.63) is 35.9 Å². The molecule has 0 aromatic heterocycles. The standard InChI is InChI=1S/C23H36N2O2/c1-17(2)15-20-22(19(16-27-5)21(26)24-20)11-13-23(14-12-22,25(3)4)18-9-7-6-8-10-18/h6-10,17,19-20H,11-16H2,1-5H3,(H,24,26). The molecule has 150 valence electrons. The number of methoxy groups -OCH3 is 1. The Morgan fingerprint density at radius 3 is 2.30 bits per heavy atom. The Bertz CT molecular complexity index is 633. The molecule has 1 saturated carbocycles. The van der Waals surface area contributed by atoms with Gasteiger partial charge in [-0.1, -0.05) is 44.2 Å². The van der Waals surface area contributed by atoms with Gasteiger partial charge in [-0.3, -0.25) is 9.69 Å². The second-order valence-corrected chi connectivity index (χ2v) is 9.22. The second kappa shape index (κ2) is 7.92. The molecule has 0 bridgehead atoms. The molecule has 1 aliphatic heterocycles. The van der Waals surface area contributed by atoms with E-state index in [2.05, 4.69) is 68.5 Å². The third kappa shape index (κ3) is 3.54. The highest BCUT2D eigenvalue weighted by atomic mass is 16.5. The first-order chi connectivity index (χ1) is 12.9. The molecule has 1 spiro atoms. The number of carbonyl (C=O) groups excluding carboxylic acids is 1. The van der Waals surface area contributed by atoms with Crippen LogP contribution in [0.3, 0.4) is 0 Å². The largest absolute Gasteiger partial charge is 0.384 e. The van der Waals surface area contributed by atoms with Crippen molar-refractivity contribution in [3.63, 3.8) is 0 Å². The molecule has 0 radical (unpaired) electrons. The Balaban J connectivity index is 1.91. The SMILES string of the molecule is COCC1C(=O)NC(CC(C)C)C12CCC(c1ccccc1)(N(C)C)CC2. The van der Waals surface area contributed by atoms with Crippen molar-refractivity contribution in [2.75, 3.05) is 27.8 Å². The van der Waals surface area contributed by atoms with Gasteiger partial charge in [0.05, 0.1) is 12.5 Å². The van der Waals surface area contributed by atoms with Gasteiger partial charge in [-0.25, -0.2) is 0 Å². The molecule has 2 aliphatic rings. The van der Waals surface area contributed by atoms with E-state index < -0.39 is 0 Å². The minimum atomic E-state index is -0.0258. The highest BCUT2D eigenvalue weighted by Crippen LogP contribution is 2.56. The zero-order valence-electron chi connectivity index (χ0n) is 17.6. The molecule has 1 heterocycles. The van der Waals surface area contributed by atoms with Crippen molar-refractivity contribution >= 4 is 5.91 Å². The Labute approximate surface area is 164 Å². The van der Waals surface area contributed by atoms with Crippen LogP contribution in [0.2, 0.25) is 0 Å². The van der Waals surface area contributed by atoms with E-state index in [1.807, 2.05) is 0 Å². The predicted molar refractivity (Wildman–Crippen MR) is 109 cm³/mol. The smallest absolute Gasteiger partial charge is 0.226 e. The lowest BCUT2D eigenvalue weighted by atomic mass is 9.58. The number of rotatable bonds is 6. The quantitative estimate of drug-likeness (QED) is 0.826. The number of hydrogen-bond acceptors (Lipinski definition) is 3. The second-order valence-electron chi connectivity index (χ2n) is 9.22. The van der Waals surface area contributed by atoms with Crippen molar-refractivity contribution in [3.8, 4) is 0 Å². The first-order valence-electron chi connectivity index (χ1n) is 10.4. The van der Waals surface area contributed by atoms with Gasteiger partial charge in [0.2, 0.25) is 5.91 Å². The molecular formula is C23H36N2O2. The summed E-state index contributed by atoms with van der Waals surface area (Å²) < 4.78 is 5.49. The molecule has 1 amide bonds. The van der Waals surface area contributed by atoms with Gasteiger partial charge in [0.25, 0.3) is 0 Å². The van der Waals surface area contributed by atoms with Gasteiger partial charge in [0.1, 0.15) is 0 Å². The Kier molecular flexibility index (Phi) is 5.97. The average molecular weight is 373 g/mol. The Hall–Kier alpha value is -1.39. The van der Waals surface area contributed by atoms with Crippen LogP contribution in [0.4, 0.5) is 0 Å². The average Bonchev–Trinajstić information content (AvgIpc) is 2.88. The van der Waals surface area contributed by atoms with Gasteiger partial charge in [-0.05, 0) is 57.7 Å². The molecule has 2 fully saturated rings. The predicted octanol–water partition coefficient (Wildman–Crippen LogP) is 3.81.